The summed E-state index contributed by atoms with van der Waals surface area (Å²) in [6.07, 6.45) is 8.08. The van der Waals surface area contributed by atoms with E-state index in [4.69, 9.17) is 0 Å². The van der Waals surface area contributed by atoms with Crippen LogP contribution in [-0.2, 0) is 0 Å². The number of aliphatic imine (C=N–C) groups is 1. The highest BCUT2D eigenvalue weighted by Gasteiger charge is 2.30. The van der Waals surface area contributed by atoms with E-state index in [2.05, 4.69) is 27.4 Å². The summed E-state index contributed by atoms with van der Waals surface area (Å²) in [7, 11) is 1.86. The maximum atomic E-state index is 4.29. The van der Waals surface area contributed by atoms with Crippen molar-refractivity contribution in [2.24, 2.45) is 4.99 Å². The van der Waals surface area contributed by atoms with Crippen molar-refractivity contribution in [3.8, 4) is 0 Å². The molecule has 0 radical (unpaired) electrons. The van der Waals surface area contributed by atoms with Gasteiger partial charge in [0.15, 0.2) is 5.96 Å². The lowest BCUT2D eigenvalue weighted by Gasteiger charge is -2.24. The van der Waals surface area contributed by atoms with E-state index < -0.39 is 0 Å². The Kier molecular flexibility index (Phi) is 5.29. The van der Waals surface area contributed by atoms with Gasteiger partial charge in [0.25, 0.3) is 0 Å². The minimum atomic E-state index is 0.577. The van der Waals surface area contributed by atoms with E-state index in [1.807, 2.05) is 7.05 Å². The normalized spacial score (nSPS) is 26.8. The van der Waals surface area contributed by atoms with E-state index in [1.54, 1.807) is 0 Å². The zero-order valence-electron chi connectivity index (χ0n) is 11.9. The molecule has 1 aliphatic carbocycles. The lowest BCUT2D eigenvalue weighted by atomic mass is 10.2. The molecule has 2 rings (SSSR count). The molecule has 4 heteroatoms. The molecule has 1 saturated carbocycles. The highest BCUT2D eigenvalue weighted by atomic mass is 15.3. The van der Waals surface area contributed by atoms with Crippen LogP contribution in [0.3, 0.4) is 0 Å². The van der Waals surface area contributed by atoms with Gasteiger partial charge >= 0.3 is 0 Å². The number of nitrogens with zero attached hydrogens (tertiary/aromatic N) is 2. The average molecular weight is 252 g/mol. The lowest BCUT2D eigenvalue weighted by Crippen LogP contribution is -2.45. The molecule has 1 atom stereocenters. The van der Waals surface area contributed by atoms with Crippen LogP contribution in [0.1, 0.15) is 45.4 Å². The average Bonchev–Trinajstić information content (AvgIpc) is 3.04. The van der Waals surface area contributed by atoms with Crippen molar-refractivity contribution >= 4 is 5.96 Å². The standard InChI is InChI=1S/C14H28N4/c1-3-9-16-14(15-2)17-12-8-10-18(11-12)13-6-4-5-7-13/h12-13H,3-11H2,1-2H3,(H2,15,16,17). The molecule has 2 aliphatic rings. The van der Waals surface area contributed by atoms with Gasteiger partial charge in [-0.2, -0.15) is 0 Å². The van der Waals surface area contributed by atoms with Crippen LogP contribution in [0.5, 0.6) is 0 Å². The molecule has 0 amide bonds. The molecule has 1 saturated heterocycles. The summed E-state index contributed by atoms with van der Waals surface area (Å²) in [5, 5.41) is 6.90. The Bertz CT molecular complexity index is 271. The van der Waals surface area contributed by atoms with Crippen LogP contribution in [0.2, 0.25) is 0 Å². The van der Waals surface area contributed by atoms with Crippen molar-refractivity contribution in [3.05, 3.63) is 0 Å². The topological polar surface area (TPSA) is 39.7 Å². The first-order valence-corrected chi connectivity index (χ1v) is 7.54. The van der Waals surface area contributed by atoms with Gasteiger partial charge in [0.1, 0.15) is 0 Å². The Balaban J connectivity index is 1.74. The number of hydrogen-bond donors (Lipinski definition) is 2. The van der Waals surface area contributed by atoms with E-state index in [1.165, 1.54) is 45.2 Å². The first-order chi connectivity index (χ1) is 8.83. The molecule has 2 N–H and O–H groups in total. The molecular formula is C14H28N4. The van der Waals surface area contributed by atoms with Crippen LogP contribution in [0, 0.1) is 0 Å². The molecule has 0 spiro atoms. The van der Waals surface area contributed by atoms with Gasteiger partial charge in [0.2, 0.25) is 0 Å². The Hall–Kier alpha value is -0.770. The van der Waals surface area contributed by atoms with Gasteiger partial charge in [-0.15, -0.1) is 0 Å². The SMILES string of the molecule is CCCNC(=NC)NC1CCN(C2CCCC2)C1. The van der Waals surface area contributed by atoms with Crippen LogP contribution in [0.25, 0.3) is 0 Å². The minimum absolute atomic E-state index is 0.577. The molecule has 1 aliphatic heterocycles. The number of hydrogen-bond acceptors (Lipinski definition) is 2. The van der Waals surface area contributed by atoms with Crippen LogP contribution < -0.4 is 10.6 Å². The minimum Gasteiger partial charge on any atom is -0.356 e. The Morgan fingerprint density at radius 1 is 1.28 bits per heavy atom. The monoisotopic (exact) mass is 252 g/mol. The van der Waals surface area contributed by atoms with E-state index in [0.29, 0.717) is 6.04 Å². The molecule has 0 aromatic heterocycles. The van der Waals surface area contributed by atoms with E-state index >= 15 is 0 Å². The summed E-state index contributed by atoms with van der Waals surface area (Å²) in [6, 6.07) is 1.44. The molecule has 2 fully saturated rings. The summed E-state index contributed by atoms with van der Waals surface area (Å²) in [4.78, 5) is 6.97. The quantitative estimate of drug-likeness (QED) is 0.589. The molecule has 0 bridgehead atoms. The number of nitrogens with one attached hydrogen (secondary N) is 2. The molecule has 1 heterocycles. The Morgan fingerprint density at radius 3 is 2.72 bits per heavy atom. The predicted octanol–water partition coefficient (Wildman–Crippen LogP) is 1.58. The summed E-state index contributed by atoms with van der Waals surface area (Å²) < 4.78 is 0. The molecule has 18 heavy (non-hydrogen) atoms. The largest absolute Gasteiger partial charge is 0.356 e. The van der Waals surface area contributed by atoms with Crippen molar-refractivity contribution in [1.82, 2.24) is 15.5 Å². The first kappa shape index (κ1) is 13.7. The summed E-state index contributed by atoms with van der Waals surface area (Å²) in [6.45, 7) is 5.63. The van der Waals surface area contributed by atoms with Gasteiger partial charge in [0, 0.05) is 38.8 Å². The summed E-state index contributed by atoms with van der Waals surface area (Å²) >= 11 is 0. The smallest absolute Gasteiger partial charge is 0.191 e. The number of rotatable bonds is 4. The fraction of sp³-hybridized carbons (Fsp3) is 0.929. The fourth-order valence-corrected chi connectivity index (χ4v) is 3.14. The lowest BCUT2D eigenvalue weighted by molar-refractivity contribution is 0.242. The summed E-state index contributed by atoms with van der Waals surface area (Å²) in [5.41, 5.74) is 0. The molecule has 1 unspecified atom stereocenters. The highest BCUT2D eigenvalue weighted by Crippen LogP contribution is 2.26. The van der Waals surface area contributed by atoms with Gasteiger partial charge in [-0.3, -0.25) is 9.89 Å². The van der Waals surface area contributed by atoms with Crippen molar-refractivity contribution in [2.45, 2.75) is 57.5 Å². The predicted molar refractivity (Wildman–Crippen MR) is 77.0 cm³/mol. The fourth-order valence-electron chi connectivity index (χ4n) is 3.14. The second kappa shape index (κ2) is 6.98. The second-order valence-corrected chi connectivity index (χ2v) is 5.56. The van der Waals surface area contributed by atoms with Crippen molar-refractivity contribution < 1.29 is 0 Å². The zero-order chi connectivity index (χ0) is 12.8. The van der Waals surface area contributed by atoms with Gasteiger partial charge in [-0.05, 0) is 25.7 Å². The van der Waals surface area contributed by atoms with Gasteiger partial charge < -0.3 is 10.6 Å². The van der Waals surface area contributed by atoms with Crippen molar-refractivity contribution in [2.75, 3.05) is 26.7 Å². The maximum Gasteiger partial charge on any atom is 0.191 e. The van der Waals surface area contributed by atoms with Crippen LogP contribution in [0.15, 0.2) is 4.99 Å². The molecule has 0 aromatic carbocycles. The Labute approximate surface area is 111 Å². The molecule has 104 valence electrons. The van der Waals surface area contributed by atoms with E-state index in [9.17, 15) is 0 Å². The molecular weight excluding hydrogens is 224 g/mol. The zero-order valence-corrected chi connectivity index (χ0v) is 11.9. The number of likely N-dealkylation sites (tertiary alicyclic amines) is 1. The van der Waals surface area contributed by atoms with Gasteiger partial charge in [-0.25, -0.2) is 0 Å². The van der Waals surface area contributed by atoms with Crippen LogP contribution in [0.4, 0.5) is 0 Å². The second-order valence-electron chi connectivity index (χ2n) is 5.56. The highest BCUT2D eigenvalue weighted by molar-refractivity contribution is 5.79. The third-order valence-electron chi connectivity index (χ3n) is 4.17. The molecule has 0 aromatic rings. The third-order valence-corrected chi connectivity index (χ3v) is 4.17. The maximum absolute atomic E-state index is 4.29. The van der Waals surface area contributed by atoms with Crippen molar-refractivity contribution in [3.63, 3.8) is 0 Å². The van der Waals surface area contributed by atoms with Crippen LogP contribution in [-0.4, -0.2) is 49.6 Å². The summed E-state index contributed by atoms with van der Waals surface area (Å²) in [5.74, 6) is 0.968. The van der Waals surface area contributed by atoms with Gasteiger partial charge in [-0.1, -0.05) is 19.8 Å². The first-order valence-electron chi connectivity index (χ1n) is 7.54. The molecule has 4 nitrogen and oxygen atoms in total. The van der Waals surface area contributed by atoms with Crippen molar-refractivity contribution in [1.29, 1.82) is 0 Å². The Morgan fingerprint density at radius 2 is 2.06 bits per heavy atom. The van der Waals surface area contributed by atoms with E-state index in [-0.39, 0.29) is 0 Å². The number of guanidine groups is 1. The van der Waals surface area contributed by atoms with E-state index in [0.717, 1.165) is 25.0 Å². The van der Waals surface area contributed by atoms with Gasteiger partial charge in [0.05, 0.1) is 0 Å². The third kappa shape index (κ3) is 3.61. The van der Waals surface area contributed by atoms with Crippen LogP contribution >= 0.6 is 0 Å².